The van der Waals surface area contributed by atoms with Crippen LogP contribution in [0.4, 0.5) is 0 Å². The van der Waals surface area contributed by atoms with Gasteiger partial charge in [0.25, 0.3) is 0 Å². The molecule has 0 amide bonds. The monoisotopic (exact) mass is 457 g/mol. The molecule has 1 aromatic heterocycles. The van der Waals surface area contributed by atoms with Gasteiger partial charge in [0.05, 0.1) is 25.6 Å². The molecular weight excluding hydrogens is 430 g/mol. The third kappa shape index (κ3) is 4.95. The third-order valence-corrected chi connectivity index (χ3v) is 6.18. The highest BCUT2D eigenvalue weighted by Gasteiger charge is 2.17. The van der Waals surface area contributed by atoms with Crippen molar-refractivity contribution in [3.8, 4) is 45.1 Å². The SMILES string of the molecule is COc1ccc(Cc2c(-c3ccc(OC)cc3)cc(-c3ccccc3)nc2-c2ccccc2)cc1. The lowest BCUT2D eigenvalue weighted by atomic mass is 9.90. The smallest absolute Gasteiger partial charge is 0.118 e. The van der Waals surface area contributed by atoms with Gasteiger partial charge in [0.15, 0.2) is 0 Å². The highest BCUT2D eigenvalue weighted by molar-refractivity contribution is 5.81. The molecule has 0 aliphatic carbocycles. The van der Waals surface area contributed by atoms with E-state index in [2.05, 4.69) is 78.9 Å². The number of hydrogen-bond acceptors (Lipinski definition) is 3. The van der Waals surface area contributed by atoms with E-state index in [0.717, 1.165) is 51.6 Å². The number of ether oxygens (including phenoxy) is 2. The predicted octanol–water partition coefficient (Wildman–Crippen LogP) is 7.69. The van der Waals surface area contributed by atoms with Crippen molar-refractivity contribution >= 4 is 0 Å². The van der Waals surface area contributed by atoms with E-state index in [9.17, 15) is 0 Å². The summed E-state index contributed by atoms with van der Waals surface area (Å²) in [6.07, 6.45) is 0.748. The van der Waals surface area contributed by atoms with Crippen LogP contribution in [-0.2, 0) is 6.42 Å². The Labute approximate surface area is 206 Å². The van der Waals surface area contributed by atoms with Crippen molar-refractivity contribution < 1.29 is 9.47 Å². The van der Waals surface area contributed by atoms with Gasteiger partial charge in [-0.25, -0.2) is 4.98 Å². The minimum absolute atomic E-state index is 0.748. The maximum absolute atomic E-state index is 5.41. The molecule has 172 valence electrons. The van der Waals surface area contributed by atoms with Crippen molar-refractivity contribution in [1.29, 1.82) is 0 Å². The largest absolute Gasteiger partial charge is 0.497 e. The first-order valence-corrected chi connectivity index (χ1v) is 11.7. The van der Waals surface area contributed by atoms with Gasteiger partial charge >= 0.3 is 0 Å². The second kappa shape index (κ2) is 10.3. The molecule has 0 aliphatic rings. The molecule has 0 bridgehead atoms. The normalized spacial score (nSPS) is 10.7. The van der Waals surface area contributed by atoms with Crippen molar-refractivity contribution in [3.05, 3.63) is 126 Å². The van der Waals surface area contributed by atoms with E-state index in [0.29, 0.717) is 0 Å². The third-order valence-electron chi connectivity index (χ3n) is 6.18. The van der Waals surface area contributed by atoms with Gasteiger partial charge in [0.1, 0.15) is 11.5 Å². The van der Waals surface area contributed by atoms with Crippen molar-refractivity contribution in [2.75, 3.05) is 14.2 Å². The van der Waals surface area contributed by atoms with Crippen LogP contribution < -0.4 is 9.47 Å². The number of methoxy groups -OCH3 is 2. The zero-order valence-corrected chi connectivity index (χ0v) is 19.9. The lowest BCUT2D eigenvalue weighted by Gasteiger charge is -2.18. The van der Waals surface area contributed by atoms with Crippen LogP contribution in [0.1, 0.15) is 11.1 Å². The first-order valence-electron chi connectivity index (χ1n) is 11.7. The van der Waals surface area contributed by atoms with Gasteiger partial charge in [0, 0.05) is 17.5 Å². The highest BCUT2D eigenvalue weighted by Crippen LogP contribution is 2.37. The van der Waals surface area contributed by atoms with Crippen LogP contribution in [0.3, 0.4) is 0 Å². The number of nitrogens with zero attached hydrogens (tertiary/aromatic N) is 1. The second-order valence-electron chi connectivity index (χ2n) is 8.37. The van der Waals surface area contributed by atoms with E-state index < -0.39 is 0 Å². The number of aromatic nitrogens is 1. The Morgan fingerprint density at radius 2 is 1.11 bits per heavy atom. The van der Waals surface area contributed by atoms with E-state index in [1.165, 1.54) is 11.1 Å². The average molecular weight is 458 g/mol. The molecule has 3 heteroatoms. The molecule has 0 N–H and O–H groups in total. The van der Waals surface area contributed by atoms with E-state index in [-0.39, 0.29) is 0 Å². The van der Waals surface area contributed by atoms with Crippen LogP contribution in [0.25, 0.3) is 33.6 Å². The summed E-state index contributed by atoms with van der Waals surface area (Å²) in [5.74, 6) is 1.69. The van der Waals surface area contributed by atoms with E-state index in [1.807, 2.05) is 36.4 Å². The van der Waals surface area contributed by atoms with Crippen LogP contribution in [-0.4, -0.2) is 19.2 Å². The Balaban J connectivity index is 1.74. The fraction of sp³-hybridized carbons (Fsp3) is 0.0938. The van der Waals surface area contributed by atoms with E-state index >= 15 is 0 Å². The topological polar surface area (TPSA) is 31.4 Å². The van der Waals surface area contributed by atoms with Gasteiger partial charge in [-0.1, -0.05) is 84.9 Å². The summed E-state index contributed by atoms with van der Waals surface area (Å²) in [5.41, 5.74) is 8.82. The van der Waals surface area contributed by atoms with Crippen LogP contribution >= 0.6 is 0 Å². The summed E-state index contributed by atoms with van der Waals surface area (Å²) in [5, 5.41) is 0. The number of pyridine rings is 1. The Bertz CT molecular complexity index is 1390. The first-order chi connectivity index (χ1) is 17.2. The van der Waals surface area contributed by atoms with Crippen molar-refractivity contribution in [2.45, 2.75) is 6.42 Å². The summed E-state index contributed by atoms with van der Waals surface area (Å²) in [6.45, 7) is 0. The fourth-order valence-corrected chi connectivity index (χ4v) is 4.32. The molecular formula is C32H27NO2. The number of rotatable bonds is 7. The lowest BCUT2D eigenvalue weighted by Crippen LogP contribution is -2.01. The Morgan fingerprint density at radius 3 is 1.69 bits per heavy atom. The van der Waals surface area contributed by atoms with Crippen LogP contribution in [0, 0.1) is 0 Å². The highest BCUT2D eigenvalue weighted by atomic mass is 16.5. The number of hydrogen-bond donors (Lipinski definition) is 0. The molecule has 0 atom stereocenters. The standard InChI is InChI=1S/C32H27NO2/c1-34-27-17-13-23(14-18-27)21-30-29(24-15-19-28(35-2)20-16-24)22-31(25-9-5-3-6-10-25)33-32(30)26-11-7-4-8-12-26/h3-20,22H,21H2,1-2H3. The van der Waals surface area contributed by atoms with Gasteiger partial charge in [0.2, 0.25) is 0 Å². The molecule has 0 spiro atoms. The quantitative estimate of drug-likeness (QED) is 0.251. The molecule has 1 heterocycles. The first kappa shape index (κ1) is 22.4. The maximum atomic E-state index is 5.41. The molecule has 0 unspecified atom stereocenters. The zero-order chi connectivity index (χ0) is 24.0. The average Bonchev–Trinajstić information content (AvgIpc) is 2.94. The van der Waals surface area contributed by atoms with Crippen molar-refractivity contribution in [2.24, 2.45) is 0 Å². The van der Waals surface area contributed by atoms with E-state index in [4.69, 9.17) is 14.5 Å². The number of benzene rings is 4. The molecule has 0 fully saturated rings. The minimum Gasteiger partial charge on any atom is -0.497 e. The Hall–Kier alpha value is -4.37. The molecule has 0 radical (unpaired) electrons. The van der Waals surface area contributed by atoms with Gasteiger partial charge in [-0.15, -0.1) is 0 Å². The summed E-state index contributed by atoms with van der Waals surface area (Å²) in [7, 11) is 3.38. The van der Waals surface area contributed by atoms with Crippen molar-refractivity contribution in [1.82, 2.24) is 4.98 Å². The fourth-order valence-electron chi connectivity index (χ4n) is 4.32. The molecule has 5 aromatic rings. The van der Waals surface area contributed by atoms with Gasteiger partial charge in [-0.2, -0.15) is 0 Å². The molecule has 0 aliphatic heterocycles. The van der Waals surface area contributed by atoms with Crippen molar-refractivity contribution in [3.63, 3.8) is 0 Å². The minimum atomic E-state index is 0.748. The second-order valence-corrected chi connectivity index (χ2v) is 8.37. The zero-order valence-electron chi connectivity index (χ0n) is 19.9. The summed E-state index contributed by atoms with van der Waals surface area (Å²) in [4.78, 5) is 5.21. The Kier molecular flexibility index (Phi) is 6.58. The Morgan fingerprint density at radius 1 is 0.571 bits per heavy atom. The molecule has 3 nitrogen and oxygen atoms in total. The van der Waals surface area contributed by atoms with Crippen LogP contribution in [0.15, 0.2) is 115 Å². The maximum Gasteiger partial charge on any atom is 0.118 e. The van der Waals surface area contributed by atoms with Gasteiger partial charge in [-0.3, -0.25) is 0 Å². The van der Waals surface area contributed by atoms with E-state index in [1.54, 1.807) is 14.2 Å². The summed E-state index contributed by atoms with van der Waals surface area (Å²) < 4.78 is 10.8. The van der Waals surface area contributed by atoms with Gasteiger partial charge in [-0.05, 0) is 52.6 Å². The molecule has 0 saturated heterocycles. The van der Waals surface area contributed by atoms with Crippen LogP contribution in [0.5, 0.6) is 11.5 Å². The molecule has 5 rings (SSSR count). The van der Waals surface area contributed by atoms with Crippen LogP contribution in [0.2, 0.25) is 0 Å². The molecule has 35 heavy (non-hydrogen) atoms. The summed E-state index contributed by atoms with van der Waals surface area (Å²) >= 11 is 0. The predicted molar refractivity (Wildman–Crippen MR) is 143 cm³/mol. The van der Waals surface area contributed by atoms with Gasteiger partial charge < -0.3 is 9.47 Å². The lowest BCUT2D eigenvalue weighted by molar-refractivity contribution is 0.414. The summed E-state index contributed by atoms with van der Waals surface area (Å²) in [6, 6.07) is 39.5. The molecule has 4 aromatic carbocycles. The molecule has 0 saturated carbocycles.